The molecule has 8 nitrogen and oxygen atoms in total. The second-order valence-corrected chi connectivity index (χ2v) is 10.7. The minimum atomic E-state index is -0.562. The van der Waals surface area contributed by atoms with Crippen molar-refractivity contribution < 1.29 is 9.59 Å². The van der Waals surface area contributed by atoms with Crippen molar-refractivity contribution in [1.82, 2.24) is 25.4 Å². The Hall–Kier alpha value is -3.56. The molecule has 0 spiro atoms. The molecule has 0 atom stereocenters. The molecule has 36 heavy (non-hydrogen) atoms. The van der Waals surface area contributed by atoms with Crippen molar-refractivity contribution in [2.24, 2.45) is 0 Å². The fourth-order valence-electron chi connectivity index (χ4n) is 4.48. The Balaban J connectivity index is 1.25. The molecule has 0 saturated carbocycles. The molecule has 9 heteroatoms. The average Bonchev–Trinajstić information content (AvgIpc) is 3.47. The lowest BCUT2D eigenvalue weighted by molar-refractivity contribution is 0.0911. The number of amides is 2. The largest absolute Gasteiger partial charge is 0.341 e. The van der Waals surface area contributed by atoms with Crippen LogP contribution in [0.25, 0.3) is 10.3 Å². The van der Waals surface area contributed by atoms with Gasteiger partial charge < -0.3 is 10.6 Å². The van der Waals surface area contributed by atoms with E-state index in [4.69, 9.17) is 0 Å². The predicted octanol–water partition coefficient (Wildman–Crippen LogP) is 4.92. The fourth-order valence-corrected chi connectivity index (χ4v) is 5.29. The van der Waals surface area contributed by atoms with Crippen LogP contribution in [0.2, 0.25) is 0 Å². The Kier molecular flexibility index (Phi) is 6.84. The molecule has 0 bridgehead atoms. The highest BCUT2D eigenvalue weighted by atomic mass is 32.1. The highest BCUT2D eigenvalue weighted by molar-refractivity contribution is 7.20. The summed E-state index contributed by atoms with van der Waals surface area (Å²) in [6.07, 6.45) is 3.82. The van der Waals surface area contributed by atoms with Crippen LogP contribution in [0.1, 0.15) is 64.4 Å². The number of aromatic nitrogens is 3. The van der Waals surface area contributed by atoms with Gasteiger partial charge >= 0.3 is 0 Å². The molecule has 2 aromatic carbocycles. The Morgan fingerprint density at radius 3 is 2.44 bits per heavy atom. The fraction of sp³-hybridized carbons (Fsp3) is 0.333. The SMILES string of the molecule is CC(C)(NC(=O)c1nc2c(NC(=O)c3ccc(CN4CCCCC4)cc3)n[nH]c2s1)c1ccccc1. The van der Waals surface area contributed by atoms with Crippen molar-refractivity contribution >= 4 is 39.3 Å². The number of carbonyl (C=O) groups is 2. The summed E-state index contributed by atoms with van der Waals surface area (Å²) in [6, 6.07) is 17.5. The summed E-state index contributed by atoms with van der Waals surface area (Å²) in [5.41, 5.74) is 2.65. The standard InChI is InChI=1S/C27H30N6O2S/c1-27(2,20-9-5-3-6-10-20)30-24(35)26-28-21-22(31-32-25(21)36-26)29-23(34)19-13-11-18(12-14-19)17-33-15-7-4-8-16-33/h3,5-6,9-14H,4,7-8,15-17H2,1-2H3,(H,30,35)(H2,29,31,32,34). The maximum Gasteiger partial charge on any atom is 0.281 e. The zero-order valence-corrected chi connectivity index (χ0v) is 21.3. The van der Waals surface area contributed by atoms with Gasteiger partial charge in [-0.05, 0) is 63.0 Å². The summed E-state index contributed by atoms with van der Waals surface area (Å²) >= 11 is 1.21. The number of piperidine rings is 1. The Morgan fingerprint density at radius 2 is 1.72 bits per heavy atom. The van der Waals surface area contributed by atoms with Crippen LogP contribution in [0.5, 0.6) is 0 Å². The summed E-state index contributed by atoms with van der Waals surface area (Å²) in [7, 11) is 0. The Labute approximate surface area is 214 Å². The molecular formula is C27H30N6O2S. The molecule has 186 valence electrons. The van der Waals surface area contributed by atoms with E-state index in [0.717, 1.165) is 25.2 Å². The van der Waals surface area contributed by atoms with Crippen molar-refractivity contribution in [3.05, 3.63) is 76.3 Å². The monoisotopic (exact) mass is 502 g/mol. The predicted molar refractivity (Wildman–Crippen MR) is 142 cm³/mol. The van der Waals surface area contributed by atoms with E-state index in [-0.39, 0.29) is 11.8 Å². The molecule has 2 amide bonds. The van der Waals surface area contributed by atoms with E-state index in [2.05, 4.69) is 30.7 Å². The summed E-state index contributed by atoms with van der Waals surface area (Å²) in [5, 5.41) is 13.2. The van der Waals surface area contributed by atoms with Gasteiger partial charge in [0.1, 0.15) is 10.3 Å². The quantitative estimate of drug-likeness (QED) is 0.333. The molecule has 5 rings (SSSR count). The van der Waals surface area contributed by atoms with Crippen molar-refractivity contribution in [2.45, 2.75) is 45.2 Å². The lowest BCUT2D eigenvalue weighted by Gasteiger charge is -2.26. The number of hydrogen-bond donors (Lipinski definition) is 3. The normalized spacial score (nSPS) is 14.6. The molecule has 1 saturated heterocycles. The highest BCUT2D eigenvalue weighted by Crippen LogP contribution is 2.27. The van der Waals surface area contributed by atoms with Crippen LogP contribution in [0.3, 0.4) is 0 Å². The average molecular weight is 503 g/mol. The molecule has 2 aromatic heterocycles. The number of rotatable bonds is 7. The van der Waals surface area contributed by atoms with Crippen LogP contribution in [0.15, 0.2) is 54.6 Å². The molecule has 3 heterocycles. The second kappa shape index (κ2) is 10.2. The zero-order valence-electron chi connectivity index (χ0n) is 20.5. The van der Waals surface area contributed by atoms with E-state index < -0.39 is 5.54 Å². The molecule has 1 aliphatic heterocycles. The maximum atomic E-state index is 12.9. The first-order valence-corrected chi connectivity index (χ1v) is 13.1. The minimum Gasteiger partial charge on any atom is -0.341 e. The Bertz CT molecular complexity index is 1350. The number of aromatic amines is 1. The lowest BCUT2D eigenvalue weighted by Crippen LogP contribution is -2.40. The van der Waals surface area contributed by atoms with E-state index in [9.17, 15) is 9.59 Å². The van der Waals surface area contributed by atoms with Gasteiger partial charge in [0.25, 0.3) is 11.8 Å². The number of hydrogen-bond acceptors (Lipinski definition) is 6. The van der Waals surface area contributed by atoms with Crippen LogP contribution in [0.4, 0.5) is 5.82 Å². The van der Waals surface area contributed by atoms with Crippen LogP contribution in [-0.4, -0.2) is 45.0 Å². The van der Waals surface area contributed by atoms with E-state index in [0.29, 0.717) is 26.7 Å². The van der Waals surface area contributed by atoms with Crippen LogP contribution < -0.4 is 10.6 Å². The van der Waals surface area contributed by atoms with Gasteiger partial charge in [0.05, 0.1) is 5.54 Å². The second-order valence-electron chi connectivity index (χ2n) is 9.70. The van der Waals surface area contributed by atoms with Gasteiger partial charge in [-0.1, -0.05) is 60.2 Å². The molecule has 0 radical (unpaired) electrons. The highest BCUT2D eigenvalue weighted by Gasteiger charge is 2.26. The van der Waals surface area contributed by atoms with Gasteiger partial charge in [-0.2, -0.15) is 5.10 Å². The van der Waals surface area contributed by atoms with Gasteiger partial charge in [0, 0.05) is 12.1 Å². The third kappa shape index (κ3) is 5.32. The number of H-pyrrole nitrogens is 1. The van der Waals surface area contributed by atoms with Crippen molar-refractivity contribution in [1.29, 1.82) is 0 Å². The summed E-state index contributed by atoms with van der Waals surface area (Å²) in [5.74, 6) is -0.234. The first kappa shape index (κ1) is 24.1. The van der Waals surface area contributed by atoms with Crippen molar-refractivity contribution in [2.75, 3.05) is 18.4 Å². The first-order chi connectivity index (χ1) is 17.4. The smallest absolute Gasteiger partial charge is 0.281 e. The number of anilines is 1. The number of nitrogens with one attached hydrogen (secondary N) is 3. The molecule has 1 aliphatic rings. The first-order valence-electron chi connectivity index (χ1n) is 12.2. The van der Waals surface area contributed by atoms with Gasteiger partial charge in [0.2, 0.25) is 0 Å². The topological polar surface area (TPSA) is 103 Å². The number of benzene rings is 2. The van der Waals surface area contributed by atoms with Gasteiger partial charge in [0.15, 0.2) is 10.8 Å². The van der Waals surface area contributed by atoms with E-state index in [1.807, 2.05) is 68.4 Å². The Morgan fingerprint density at radius 1 is 1.00 bits per heavy atom. The summed E-state index contributed by atoms with van der Waals surface area (Å²) in [4.78, 5) is 33.4. The molecule has 0 unspecified atom stereocenters. The van der Waals surface area contributed by atoms with Crippen molar-refractivity contribution in [3.8, 4) is 0 Å². The minimum absolute atomic E-state index is 0.267. The van der Waals surface area contributed by atoms with E-state index in [1.165, 1.54) is 36.2 Å². The number of fused-ring (bicyclic) bond motifs is 1. The summed E-state index contributed by atoms with van der Waals surface area (Å²) < 4.78 is 0. The lowest BCUT2D eigenvalue weighted by atomic mass is 9.94. The summed E-state index contributed by atoms with van der Waals surface area (Å²) in [6.45, 7) is 7.08. The zero-order chi connectivity index (χ0) is 25.1. The third-order valence-electron chi connectivity index (χ3n) is 6.54. The van der Waals surface area contributed by atoms with E-state index in [1.54, 1.807) is 0 Å². The number of thiazole rings is 1. The van der Waals surface area contributed by atoms with Crippen LogP contribution >= 0.6 is 11.3 Å². The van der Waals surface area contributed by atoms with E-state index >= 15 is 0 Å². The van der Waals surface area contributed by atoms with Crippen LogP contribution in [-0.2, 0) is 12.1 Å². The van der Waals surface area contributed by atoms with Gasteiger partial charge in [-0.15, -0.1) is 0 Å². The number of carbonyl (C=O) groups excluding carboxylic acids is 2. The maximum absolute atomic E-state index is 12.9. The van der Waals surface area contributed by atoms with Gasteiger partial charge in [-0.25, -0.2) is 4.98 Å². The van der Waals surface area contributed by atoms with Crippen molar-refractivity contribution in [3.63, 3.8) is 0 Å². The molecule has 0 aliphatic carbocycles. The number of nitrogens with zero attached hydrogens (tertiary/aromatic N) is 3. The molecule has 1 fully saturated rings. The third-order valence-corrected chi connectivity index (χ3v) is 7.50. The molecular weight excluding hydrogens is 472 g/mol. The number of likely N-dealkylation sites (tertiary alicyclic amines) is 1. The molecule has 3 N–H and O–H groups in total. The molecule has 4 aromatic rings. The van der Waals surface area contributed by atoms with Gasteiger partial charge in [-0.3, -0.25) is 19.6 Å². The van der Waals surface area contributed by atoms with Crippen LogP contribution in [0, 0.1) is 0 Å².